The lowest BCUT2D eigenvalue weighted by molar-refractivity contribution is 0.102. The molecule has 1 aliphatic rings. The van der Waals surface area contributed by atoms with E-state index in [2.05, 4.69) is 10.4 Å². The molecule has 1 N–H and O–H groups in total. The second kappa shape index (κ2) is 8.00. The number of nitrogens with one attached hydrogen (secondary N) is 1. The summed E-state index contributed by atoms with van der Waals surface area (Å²) >= 11 is 0. The number of hydrogen-bond donors (Lipinski definition) is 1. The molecule has 156 valence electrons. The number of amides is 1. The van der Waals surface area contributed by atoms with Gasteiger partial charge in [-0.2, -0.15) is 5.10 Å². The molecule has 5 rings (SSSR count). The number of aromatic nitrogens is 2. The molecule has 1 amide bonds. The maximum absolute atomic E-state index is 13.6. The smallest absolute Gasteiger partial charge is 0.261 e. The zero-order valence-corrected chi connectivity index (χ0v) is 17.8. The molecule has 1 aromatic heterocycles. The summed E-state index contributed by atoms with van der Waals surface area (Å²) in [7, 11) is -1.00. The highest BCUT2D eigenvalue weighted by Crippen LogP contribution is 2.34. The Kier molecular flexibility index (Phi) is 5.03. The van der Waals surface area contributed by atoms with Crippen molar-refractivity contribution in [1.29, 1.82) is 0 Å². The van der Waals surface area contributed by atoms with Gasteiger partial charge < -0.3 is 10.1 Å². The van der Waals surface area contributed by atoms with Gasteiger partial charge in [-0.1, -0.05) is 48.5 Å². The highest BCUT2D eigenvalue weighted by Gasteiger charge is 2.29. The lowest BCUT2D eigenvalue weighted by Crippen LogP contribution is -2.18. The zero-order valence-electron chi connectivity index (χ0n) is 17.0. The van der Waals surface area contributed by atoms with Gasteiger partial charge in [-0.05, 0) is 35.9 Å². The summed E-state index contributed by atoms with van der Waals surface area (Å²) in [6, 6.07) is 21.1. The first-order valence-corrected chi connectivity index (χ1v) is 11.6. The Hall–Kier alpha value is -3.45. The molecule has 0 radical (unpaired) electrons. The molecule has 0 fully saturated rings. The van der Waals surface area contributed by atoms with Crippen LogP contribution in [0, 0.1) is 0 Å². The van der Waals surface area contributed by atoms with Gasteiger partial charge in [-0.25, -0.2) is 4.68 Å². The molecule has 31 heavy (non-hydrogen) atoms. The number of ether oxygens (including phenoxy) is 1. The SMILES string of the molecule is CCOc1ccc2ccccc2c1C(=O)Nc1c2c(nn1-c1ccccc1)C[S@](=O)C2. The topological polar surface area (TPSA) is 73.2 Å². The molecule has 3 aromatic carbocycles. The van der Waals surface area contributed by atoms with Crippen molar-refractivity contribution in [2.75, 3.05) is 11.9 Å². The third-order valence-electron chi connectivity index (χ3n) is 5.32. The molecule has 0 spiro atoms. The van der Waals surface area contributed by atoms with Crippen LogP contribution in [0.25, 0.3) is 16.5 Å². The van der Waals surface area contributed by atoms with E-state index in [1.165, 1.54) is 0 Å². The first-order valence-electron chi connectivity index (χ1n) is 10.1. The second-order valence-electron chi connectivity index (χ2n) is 7.30. The fourth-order valence-corrected chi connectivity index (χ4v) is 5.21. The predicted octanol–water partition coefficient (Wildman–Crippen LogP) is 4.44. The monoisotopic (exact) mass is 431 g/mol. The Bertz CT molecular complexity index is 1310. The van der Waals surface area contributed by atoms with Crippen LogP contribution in [0.4, 0.5) is 5.82 Å². The van der Waals surface area contributed by atoms with Crippen molar-refractivity contribution in [3.05, 3.63) is 83.6 Å². The van der Waals surface area contributed by atoms with Gasteiger partial charge >= 0.3 is 0 Å². The summed E-state index contributed by atoms with van der Waals surface area (Å²) in [6.45, 7) is 2.35. The van der Waals surface area contributed by atoms with E-state index in [-0.39, 0.29) is 5.91 Å². The molecule has 1 aliphatic heterocycles. The number of carbonyl (C=O) groups is 1. The lowest BCUT2D eigenvalue weighted by atomic mass is 10.0. The van der Waals surface area contributed by atoms with E-state index in [9.17, 15) is 9.00 Å². The fourth-order valence-electron chi connectivity index (χ4n) is 3.94. The Balaban J connectivity index is 1.62. The predicted molar refractivity (Wildman–Crippen MR) is 122 cm³/mol. The number of carbonyl (C=O) groups excluding carboxylic acids is 1. The summed E-state index contributed by atoms with van der Waals surface area (Å²) < 4.78 is 19.7. The van der Waals surface area contributed by atoms with Gasteiger partial charge in [0.2, 0.25) is 0 Å². The van der Waals surface area contributed by atoms with Crippen LogP contribution in [-0.2, 0) is 22.3 Å². The van der Waals surface area contributed by atoms with Gasteiger partial charge in [-0.3, -0.25) is 9.00 Å². The van der Waals surface area contributed by atoms with Crippen LogP contribution in [0.15, 0.2) is 66.7 Å². The first-order chi connectivity index (χ1) is 15.2. The minimum atomic E-state index is -1.00. The van der Waals surface area contributed by atoms with Crippen molar-refractivity contribution in [1.82, 2.24) is 9.78 Å². The molecular formula is C24H21N3O3S. The third-order valence-corrected chi connectivity index (χ3v) is 6.53. The van der Waals surface area contributed by atoms with Crippen molar-refractivity contribution >= 4 is 33.3 Å². The molecular weight excluding hydrogens is 410 g/mol. The maximum Gasteiger partial charge on any atom is 0.261 e. The number of rotatable bonds is 5. The standard InChI is InChI=1S/C24H21N3O3S/c1-2-30-21-13-12-16-8-6-7-11-18(16)22(21)24(28)25-23-19-14-31(29)15-20(19)26-27(23)17-9-4-3-5-10-17/h3-13H,2,14-15H2,1H3,(H,25,28)/t31-/m1/s1. The van der Waals surface area contributed by atoms with Crippen molar-refractivity contribution in [3.63, 3.8) is 0 Å². The Morgan fingerprint density at radius 1 is 1.06 bits per heavy atom. The van der Waals surface area contributed by atoms with Crippen LogP contribution in [0.5, 0.6) is 5.75 Å². The molecule has 0 bridgehead atoms. The minimum Gasteiger partial charge on any atom is -0.493 e. The largest absolute Gasteiger partial charge is 0.493 e. The molecule has 2 heterocycles. The average Bonchev–Trinajstić information content (AvgIpc) is 3.31. The van der Waals surface area contributed by atoms with E-state index < -0.39 is 10.8 Å². The van der Waals surface area contributed by atoms with Crippen LogP contribution in [0.1, 0.15) is 28.5 Å². The summed E-state index contributed by atoms with van der Waals surface area (Å²) in [6.07, 6.45) is 0. The quantitative estimate of drug-likeness (QED) is 0.507. The van der Waals surface area contributed by atoms with Gasteiger partial charge in [0.1, 0.15) is 11.6 Å². The Morgan fingerprint density at radius 3 is 2.65 bits per heavy atom. The highest BCUT2D eigenvalue weighted by atomic mass is 32.2. The number of para-hydroxylation sites is 1. The van der Waals surface area contributed by atoms with Gasteiger partial charge in [0.15, 0.2) is 0 Å². The zero-order chi connectivity index (χ0) is 21.4. The summed E-state index contributed by atoms with van der Waals surface area (Å²) in [5, 5.41) is 9.50. The molecule has 7 heteroatoms. The van der Waals surface area contributed by atoms with Gasteiger partial charge in [-0.15, -0.1) is 0 Å². The van der Waals surface area contributed by atoms with Crippen molar-refractivity contribution in [3.8, 4) is 11.4 Å². The van der Waals surface area contributed by atoms with Gasteiger partial charge in [0, 0.05) is 16.4 Å². The molecule has 6 nitrogen and oxygen atoms in total. The molecule has 0 unspecified atom stereocenters. The average molecular weight is 432 g/mol. The lowest BCUT2D eigenvalue weighted by Gasteiger charge is -2.15. The van der Waals surface area contributed by atoms with E-state index in [1.807, 2.05) is 73.7 Å². The fraction of sp³-hybridized carbons (Fsp3) is 0.167. The van der Waals surface area contributed by atoms with Crippen molar-refractivity contribution in [2.45, 2.75) is 18.4 Å². The van der Waals surface area contributed by atoms with E-state index >= 15 is 0 Å². The third kappa shape index (κ3) is 3.51. The summed E-state index contributed by atoms with van der Waals surface area (Å²) in [5.74, 6) is 1.59. The minimum absolute atomic E-state index is 0.280. The molecule has 0 saturated carbocycles. The molecule has 0 aliphatic carbocycles. The number of fused-ring (bicyclic) bond motifs is 2. The molecule has 0 saturated heterocycles. The van der Waals surface area contributed by atoms with Gasteiger partial charge in [0.05, 0.1) is 35.1 Å². The number of nitrogens with zero attached hydrogens (tertiary/aromatic N) is 2. The van der Waals surface area contributed by atoms with Crippen molar-refractivity contribution in [2.24, 2.45) is 0 Å². The number of hydrogen-bond acceptors (Lipinski definition) is 4. The van der Waals surface area contributed by atoms with Crippen LogP contribution in [0.3, 0.4) is 0 Å². The summed E-state index contributed by atoms with van der Waals surface area (Å²) in [4.78, 5) is 13.6. The van der Waals surface area contributed by atoms with Crippen LogP contribution >= 0.6 is 0 Å². The van der Waals surface area contributed by atoms with Crippen LogP contribution in [-0.4, -0.2) is 26.5 Å². The normalized spacial score (nSPS) is 15.1. The second-order valence-corrected chi connectivity index (χ2v) is 8.75. The van der Waals surface area contributed by atoms with E-state index in [1.54, 1.807) is 4.68 Å². The van der Waals surface area contributed by atoms with E-state index in [0.29, 0.717) is 35.2 Å². The van der Waals surface area contributed by atoms with Crippen LogP contribution in [0.2, 0.25) is 0 Å². The van der Waals surface area contributed by atoms with Gasteiger partial charge in [0.25, 0.3) is 5.91 Å². The van der Waals surface area contributed by atoms with Crippen molar-refractivity contribution < 1.29 is 13.7 Å². The van der Waals surface area contributed by atoms with E-state index in [0.717, 1.165) is 27.7 Å². The first kappa shape index (κ1) is 19.5. The maximum atomic E-state index is 13.6. The number of anilines is 1. The Labute approximate surface area is 182 Å². The van der Waals surface area contributed by atoms with Crippen LogP contribution < -0.4 is 10.1 Å². The summed E-state index contributed by atoms with van der Waals surface area (Å²) in [5.41, 5.74) is 2.91. The van der Waals surface area contributed by atoms with E-state index in [4.69, 9.17) is 4.74 Å². The molecule has 1 atom stereocenters. The molecule has 4 aromatic rings. The Morgan fingerprint density at radius 2 is 1.84 bits per heavy atom. The number of benzene rings is 3. The highest BCUT2D eigenvalue weighted by molar-refractivity contribution is 7.83.